The van der Waals surface area contributed by atoms with Gasteiger partial charge in [0.15, 0.2) is 0 Å². The number of carboxylic acids is 1. The number of para-hydroxylation sites is 2. The lowest BCUT2D eigenvalue weighted by molar-refractivity contribution is -0.142. The number of ether oxygens (including phenoxy) is 1. The molecule has 0 saturated heterocycles. The van der Waals surface area contributed by atoms with Crippen LogP contribution in [0.2, 0.25) is 0 Å². The molecule has 0 aromatic heterocycles. The molecule has 0 unspecified atom stereocenters. The largest absolute Gasteiger partial charge is 0.495 e. The van der Waals surface area contributed by atoms with Crippen molar-refractivity contribution in [2.24, 2.45) is 0 Å². The summed E-state index contributed by atoms with van der Waals surface area (Å²) in [6.07, 6.45) is 0. The maximum Gasteiger partial charge on any atom is 0.328 e. The van der Waals surface area contributed by atoms with Gasteiger partial charge in [0, 0.05) is 7.05 Å². The molecule has 0 saturated carbocycles. The molecule has 1 aromatic carbocycles. The van der Waals surface area contributed by atoms with Gasteiger partial charge < -0.3 is 15.2 Å². The SMILES string of the molecule is COc1ccccc1N(C)C(=O)NC(C)(C)C(=O)O. The van der Waals surface area contributed by atoms with E-state index in [4.69, 9.17) is 9.84 Å². The summed E-state index contributed by atoms with van der Waals surface area (Å²) < 4.78 is 5.16. The summed E-state index contributed by atoms with van der Waals surface area (Å²) in [5, 5.41) is 11.4. The number of benzene rings is 1. The first-order chi connectivity index (χ1) is 8.79. The van der Waals surface area contributed by atoms with Gasteiger partial charge in [-0.3, -0.25) is 4.90 Å². The van der Waals surface area contributed by atoms with E-state index in [1.807, 2.05) is 0 Å². The second-order valence-corrected chi connectivity index (χ2v) is 4.59. The molecule has 0 atom stereocenters. The molecule has 6 nitrogen and oxygen atoms in total. The van der Waals surface area contributed by atoms with Crippen molar-refractivity contribution in [3.63, 3.8) is 0 Å². The van der Waals surface area contributed by atoms with Crippen LogP contribution >= 0.6 is 0 Å². The number of rotatable bonds is 4. The Morgan fingerprint density at radius 1 is 1.32 bits per heavy atom. The summed E-state index contributed by atoms with van der Waals surface area (Å²) in [4.78, 5) is 24.3. The van der Waals surface area contributed by atoms with Crippen LogP contribution in [0, 0.1) is 0 Å². The number of carbonyl (C=O) groups is 2. The predicted octanol–water partition coefficient (Wildman–Crippen LogP) is 1.70. The van der Waals surface area contributed by atoms with E-state index >= 15 is 0 Å². The number of aliphatic carboxylic acids is 1. The molecule has 104 valence electrons. The van der Waals surface area contributed by atoms with E-state index in [9.17, 15) is 9.59 Å². The number of hydrogen-bond acceptors (Lipinski definition) is 3. The Hall–Kier alpha value is -2.24. The molecule has 0 aliphatic heterocycles. The van der Waals surface area contributed by atoms with Crippen molar-refractivity contribution in [1.82, 2.24) is 5.32 Å². The maximum absolute atomic E-state index is 12.0. The fraction of sp³-hybridized carbons (Fsp3) is 0.385. The van der Waals surface area contributed by atoms with Crippen LogP contribution in [0.3, 0.4) is 0 Å². The van der Waals surface area contributed by atoms with Crippen LogP contribution < -0.4 is 15.0 Å². The van der Waals surface area contributed by atoms with Crippen LogP contribution in [-0.4, -0.2) is 36.8 Å². The molecule has 0 bridgehead atoms. The molecular formula is C13H18N2O4. The first-order valence-corrected chi connectivity index (χ1v) is 5.72. The van der Waals surface area contributed by atoms with Crippen molar-refractivity contribution in [2.45, 2.75) is 19.4 Å². The maximum atomic E-state index is 12.0. The summed E-state index contributed by atoms with van der Waals surface area (Å²) in [7, 11) is 3.05. The second-order valence-electron chi connectivity index (χ2n) is 4.59. The van der Waals surface area contributed by atoms with Gasteiger partial charge in [-0.25, -0.2) is 9.59 Å². The van der Waals surface area contributed by atoms with Crippen LogP contribution in [0.5, 0.6) is 5.75 Å². The number of carboxylic acid groups (broad SMARTS) is 1. The van der Waals surface area contributed by atoms with Gasteiger partial charge in [-0.15, -0.1) is 0 Å². The number of hydrogen-bond donors (Lipinski definition) is 2. The third-order valence-electron chi connectivity index (χ3n) is 2.71. The highest BCUT2D eigenvalue weighted by Gasteiger charge is 2.30. The molecule has 19 heavy (non-hydrogen) atoms. The summed E-state index contributed by atoms with van der Waals surface area (Å²) in [6.45, 7) is 2.84. The summed E-state index contributed by atoms with van der Waals surface area (Å²) >= 11 is 0. The number of urea groups is 1. The number of amides is 2. The lowest BCUT2D eigenvalue weighted by Crippen LogP contribution is -2.53. The van der Waals surface area contributed by atoms with Gasteiger partial charge in [-0.1, -0.05) is 12.1 Å². The first kappa shape index (κ1) is 14.8. The Morgan fingerprint density at radius 3 is 2.42 bits per heavy atom. The molecule has 0 aliphatic rings. The van der Waals surface area contributed by atoms with Gasteiger partial charge in [0.25, 0.3) is 0 Å². The molecule has 6 heteroatoms. The van der Waals surface area contributed by atoms with Crippen molar-refractivity contribution in [1.29, 1.82) is 0 Å². The van der Waals surface area contributed by atoms with Crippen LogP contribution in [0.15, 0.2) is 24.3 Å². The van der Waals surface area contributed by atoms with E-state index < -0.39 is 17.5 Å². The van der Waals surface area contributed by atoms with Gasteiger partial charge in [0.1, 0.15) is 11.3 Å². The lowest BCUT2D eigenvalue weighted by Gasteiger charge is -2.26. The van der Waals surface area contributed by atoms with Gasteiger partial charge in [0.2, 0.25) is 0 Å². The highest BCUT2D eigenvalue weighted by Crippen LogP contribution is 2.26. The highest BCUT2D eigenvalue weighted by atomic mass is 16.5. The van der Waals surface area contributed by atoms with E-state index in [-0.39, 0.29) is 0 Å². The van der Waals surface area contributed by atoms with Gasteiger partial charge in [-0.2, -0.15) is 0 Å². The molecule has 1 aromatic rings. The third kappa shape index (κ3) is 3.37. The molecule has 1 rings (SSSR count). The Bertz CT molecular complexity index is 485. The van der Waals surface area contributed by atoms with Gasteiger partial charge in [0.05, 0.1) is 12.8 Å². The number of nitrogens with zero attached hydrogens (tertiary/aromatic N) is 1. The van der Waals surface area contributed by atoms with E-state index in [2.05, 4.69) is 5.32 Å². The van der Waals surface area contributed by atoms with E-state index in [1.54, 1.807) is 31.3 Å². The van der Waals surface area contributed by atoms with Crippen molar-refractivity contribution in [3.8, 4) is 5.75 Å². The van der Waals surface area contributed by atoms with E-state index in [0.29, 0.717) is 11.4 Å². The molecule has 0 radical (unpaired) electrons. The molecule has 0 spiro atoms. The minimum Gasteiger partial charge on any atom is -0.495 e. The van der Waals surface area contributed by atoms with Crippen LogP contribution in [-0.2, 0) is 4.79 Å². The first-order valence-electron chi connectivity index (χ1n) is 5.72. The molecule has 2 amide bonds. The van der Waals surface area contributed by atoms with E-state index in [1.165, 1.54) is 25.9 Å². The van der Waals surface area contributed by atoms with Crippen LogP contribution in [0.4, 0.5) is 10.5 Å². The molecular weight excluding hydrogens is 248 g/mol. The summed E-state index contributed by atoms with van der Waals surface area (Å²) in [5.41, 5.74) is -0.781. The average molecular weight is 266 g/mol. The van der Waals surface area contributed by atoms with Crippen LogP contribution in [0.1, 0.15) is 13.8 Å². The van der Waals surface area contributed by atoms with Gasteiger partial charge >= 0.3 is 12.0 Å². The Labute approximate surface area is 112 Å². The molecule has 0 aliphatic carbocycles. The Kier molecular flexibility index (Phi) is 4.37. The predicted molar refractivity (Wildman–Crippen MR) is 71.6 cm³/mol. The monoisotopic (exact) mass is 266 g/mol. The summed E-state index contributed by atoms with van der Waals surface area (Å²) in [5.74, 6) is -0.567. The van der Waals surface area contributed by atoms with Crippen LogP contribution in [0.25, 0.3) is 0 Å². The van der Waals surface area contributed by atoms with Crippen molar-refractivity contribution in [3.05, 3.63) is 24.3 Å². The third-order valence-corrected chi connectivity index (χ3v) is 2.71. The number of nitrogens with one attached hydrogen (secondary N) is 1. The van der Waals surface area contributed by atoms with Crippen molar-refractivity contribution >= 4 is 17.7 Å². The fourth-order valence-corrected chi connectivity index (χ4v) is 1.42. The van der Waals surface area contributed by atoms with Crippen molar-refractivity contribution < 1.29 is 19.4 Å². The second kappa shape index (κ2) is 5.60. The Morgan fingerprint density at radius 2 is 1.89 bits per heavy atom. The zero-order valence-corrected chi connectivity index (χ0v) is 11.4. The smallest absolute Gasteiger partial charge is 0.328 e. The Balaban J connectivity index is 2.91. The fourth-order valence-electron chi connectivity index (χ4n) is 1.42. The molecule has 0 heterocycles. The number of carbonyl (C=O) groups excluding carboxylic acids is 1. The minimum absolute atomic E-state index is 0.517. The van der Waals surface area contributed by atoms with Gasteiger partial charge in [-0.05, 0) is 26.0 Å². The molecule has 0 fully saturated rings. The quantitative estimate of drug-likeness (QED) is 0.869. The number of methoxy groups -OCH3 is 1. The standard InChI is InChI=1S/C13H18N2O4/c1-13(2,11(16)17)14-12(18)15(3)9-7-5-6-8-10(9)19-4/h5-8H,1-4H3,(H,14,18)(H,16,17). The summed E-state index contributed by atoms with van der Waals surface area (Å²) in [6, 6.07) is 6.48. The van der Waals surface area contributed by atoms with E-state index in [0.717, 1.165) is 0 Å². The molecule has 2 N–H and O–H groups in total. The zero-order chi connectivity index (χ0) is 14.6. The zero-order valence-electron chi connectivity index (χ0n) is 11.4. The highest BCUT2D eigenvalue weighted by molar-refractivity contribution is 5.96. The average Bonchev–Trinajstić information content (AvgIpc) is 2.37. The van der Waals surface area contributed by atoms with Crippen molar-refractivity contribution in [2.75, 3.05) is 19.1 Å². The minimum atomic E-state index is -1.34. The normalized spacial score (nSPS) is 10.7. The number of anilines is 1. The topological polar surface area (TPSA) is 78.9 Å². The lowest BCUT2D eigenvalue weighted by atomic mass is 10.1.